The van der Waals surface area contributed by atoms with E-state index < -0.39 is 27.6 Å². The lowest BCUT2D eigenvalue weighted by Gasteiger charge is -2.40. The molecule has 1 aromatic rings. The standard InChI is InChI=1S/C14H16ClNO5S/c1-14(9-17)8-7-12(21-2)16(13(14)18)22(19,20)11-5-3-10(15)4-6-11/h3-6,9,12H,7-8H2,1-2H3/t12-,14-/m1/s1. The number of carbonyl (C=O) groups is 2. The van der Waals surface area contributed by atoms with Gasteiger partial charge >= 0.3 is 0 Å². The monoisotopic (exact) mass is 345 g/mol. The summed E-state index contributed by atoms with van der Waals surface area (Å²) in [5, 5.41) is 0.380. The molecule has 1 aliphatic rings. The number of methoxy groups -OCH3 is 1. The highest BCUT2D eigenvalue weighted by molar-refractivity contribution is 7.89. The molecule has 1 aromatic carbocycles. The van der Waals surface area contributed by atoms with Crippen molar-refractivity contribution in [2.75, 3.05) is 7.11 Å². The number of aldehydes is 1. The number of piperidine rings is 1. The Bertz CT molecular complexity index is 688. The molecule has 0 bridgehead atoms. The third-order valence-corrected chi connectivity index (χ3v) is 5.80. The highest BCUT2D eigenvalue weighted by Gasteiger charge is 2.49. The van der Waals surface area contributed by atoms with E-state index >= 15 is 0 Å². The second kappa shape index (κ2) is 5.98. The van der Waals surface area contributed by atoms with Gasteiger partial charge in [0, 0.05) is 12.1 Å². The van der Waals surface area contributed by atoms with Gasteiger partial charge in [0.1, 0.15) is 17.9 Å². The molecule has 2 rings (SSSR count). The third kappa shape index (κ3) is 2.76. The number of ether oxygens (including phenoxy) is 1. The number of benzene rings is 1. The van der Waals surface area contributed by atoms with Crippen LogP contribution in [0.3, 0.4) is 0 Å². The molecule has 0 N–H and O–H groups in total. The lowest BCUT2D eigenvalue weighted by molar-refractivity contribution is -0.154. The zero-order chi connectivity index (χ0) is 16.5. The van der Waals surface area contributed by atoms with Gasteiger partial charge in [0.05, 0.1) is 4.90 Å². The molecule has 6 nitrogen and oxygen atoms in total. The van der Waals surface area contributed by atoms with E-state index in [0.717, 1.165) is 0 Å². The van der Waals surface area contributed by atoms with E-state index in [1.54, 1.807) is 0 Å². The van der Waals surface area contributed by atoms with Crippen LogP contribution >= 0.6 is 11.6 Å². The summed E-state index contributed by atoms with van der Waals surface area (Å²) in [6.45, 7) is 1.43. The van der Waals surface area contributed by atoms with Crippen LogP contribution in [0.4, 0.5) is 0 Å². The summed E-state index contributed by atoms with van der Waals surface area (Å²) in [6, 6.07) is 5.46. The van der Waals surface area contributed by atoms with Crippen LogP contribution in [-0.4, -0.2) is 38.3 Å². The Hall–Kier alpha value is -1.44. The molecule has 0 spiro atoms. The summed E-state index contributed by atoms with van der Waals surface area (Å²) < 4.78 is 31.3. The fraction of sp³-hybridized carbons (Fsp3) is 0.429. The van der Waals surface area contributed by atoms with E-state index in [4.69, 9.17) is 16.3 Å². The van der Waals surface area contributed by atoms with Crippen LogP contribution in [0.25, 0.3) is 0 Å². The molecular weight excluding hydrogens is 330 g/mol. The van der Waals surface area contributed by atoms with E-state index in [1.807, 2.05) is 0 Å². The lowest BCUT2D eigenvalue weighted by atomic mass is 9.83. The Balaban J connectivity index is 2.51. The molecule has 2 atom stereocenters. The number of carbonyl (C=O) groups excluding carboxylic acids is 2. The Morgan fingerprint density at radius 3 is 2.45 bits per heavy atom. The molecule has 22 heavy (non-hydrogen) atoms. The van der Waals surface area contributed by atoms with Crippen LogP contribution in [0.1, 0.15) is 19.8 Å². The van der Waals surface area contributed by atoms with Crippen molar-refractivity contribution in [1.29, 1.82) is 0 Å². The third-order valence-electron chi connectivity index (χ3n) is 3.76. The zero-order valence-corrected chi connectivity index (χ0v) is 13.7. The van der Waals surface area contributed by atoms with Gasteiger partial charge < -0.3 is 9.53 Å². The van der Waals surface area contributed by atoms with Crippen molar-refractivity contribution in [3.05, 3.63) is 29.3 Å². The number of hydrogen-bond acceptors (Lipinski definition) is 5. The average Bonchev–Trinajstić information content (AvgIpc) is 2.50. The van der Waals surface area contributed by atoms with Crippen molar-refractivity contribution >= 4 is 33.8 Å². The van der Waals surface area contributed by atoms with Gasteiger partial charge in [-0.2, -0.15) is 0 Å². The van der Waals surface area contributed by atoms with Gasteiger partial charge in [-0.1, -0.05) is 11.6 Å². The van der Waals surface area contributed by atoms with Crippen LogP contribution in [0.15, 0.2) is 29.2 Å². The highest BCUT2D eigenvalue weighted by Crippen LogP contribution is 2.36. The van der Waals surface area contributed by atoms with Crippen LogP contribution in [0.5, 0.6) is 0 Å². The van der Waals surface area contributed by atoms with Gasteiger partial charge in [0.15, 0.2) is 0 Å². The summed E-state index contributed by atoms with van der Waals surface area (Å²) in [4.78, 5) is 23.7. The number of sulfonamides is 1. The SMILES string of the molecule is CO[C@@H]1CC[C@](C)(C=O)C(=O)N1S(=O)(=O)c1ccc(Cl)cc1. The quantitative estimate of drug-likeness (QED) is 0.614. The minimum atomic E-state index is -4.13. The smallest absolute Gasteiger partial charge is 0.268 e. The number of halogens is 1. The van der Waals surface area contributed by atoms with Crippen molar-refractivity contribution in [3.63, 3.8) is 0 Å². The maximum atomic E-state index is 12.7. The fourth-order valence-electron chi connectivity index (χ4n) is 2.34. The Morgan fingerprint density at radius 1 is 1.36 bits per heavy atom. The van der Waals surface area contributed by atoms with E-state index in [1.165, 1.54) is 38.3 Å². The minimum absolute atomic E-state index is 0.0811. The van der Waals surface area contributed by atoms with E-state index in [2.05, 4.69) is 0 Å². The van der Waals surface area contributed by atoms with Crippen molar-refractivity contribution in [1.82, 2.24) is 4.31 Å². The lowest BCUT2D eigenvalue weighted by Crippen LogP contribution is -2.56. The molecule has 1 heterocycles. The first-order valence-corrected chi connectivity index (χ1v) is 8.41. The predicted octanol–water partition coefficient (Wildman–Crippen LogP) is 1.83. The molecule has 0 radical (unpaired) electrons. The molecule has 120 valence electrons. The first-order valence-electron chi connectivity index (χ1n) is 6.60. The Morgan fingerprint density at radius 2 is 1.95 bits per heavy atom. The van der Waals surface area contributed by atoms with E-state index in [9.17, 15) is 18.0 Å². The van der Waals surface area contributed by atoms with Crippen molar-refractivity contribution in [3.8, 4) is 0 Å². The molecular formula is C14H16ClNO5S. The molecule has 0 unspecified atom stereocenters. The first-order chi connectivity index (χ1) is 10.3. The van der Waals surface area contributed by atoms with Gasteiger partial charge in [-0.15, -0.1) is 0 Å². The maximum absolute atomic E-state index is 12.7. The molecule has 0 saturated carbocycles. The average molecular weight is 346 g/mol. The van der Waals surface area contributed by atoms with Gasteiger partial charge in [-0.3, -0.25) is 4.79 Å². The molecule has 0 aromatic heterocycles. The Kier molecular flexibility index (Phi) is 4.60. The minimum Gasteiger partial charge on any atom is -0.360 e. The predicted molar refractivity (Wildman–Crippen MR) is 79.7 cm³/mol. The largest absolute Gasteiger partial charge is 0.360 e. The summed E-state index contributed by atoms with van der Waals surface area (Å²) in [5.74, 6) is -0.782. The molecule has 1 saturated heterocycles. The molecule has 0 aliphatic carbocycles. The summed E-state index contributed by atoms with van der Waals surface area (Å²) in [7, 11) is -2.80. The van der Waals surface area contributed by atoms with Crippen molar-refractivity contribution in [2.45, 2.75) is 30.9 Å². The Labute approximate surface area is 134 Å². The van der Waals surface area contributed by atoms with Crippen LogP contribution in [0.2, 0.25) is 5.02 Å². The summed E-state index contributed by atoms with van der Waals surface area (Å²) in [6.07, 6.45) is 0.0531. The number of hydrogen-bond donors (Lipinski definition) is 0. The number of rotatable bonds is 4. The second-order valence-corrected chi connectivity index (χ2v) is 7.58. The van der Waals surface area contributed by atoms with E-state index in [0.29, 0.717) is 15.6 Å². The van der Waals surface area contributed by atoms with Crippen LogP contribution < -0.4 is 0 Å². The zero-order valence-electron chi connectivity index (χ0n) is 12.2. The molecule has 1 fully saturated rings. The second-order valence-electron chi connectivity index (χ2n) is 5.32. The van der Waals surface area contributed by atoms with Crippen LogP contribution in [0, 0.1) is 5.41 Å². The molecule has 1 aliphatic heterocycles. The number of amides is 1. The van der Waals surface area contributed by atoms with Crippen molar-refractivity contribution in [2.24, 2.45) is 5.41 Å². The van der Waals surface area contributed by atoms with Gasteiger partial charge in [-0.25, -0.2) is 12.7 Å². The van der Waals surface area contributed by atoms with Crippen molar-refractivity contribution < 1.29 is 22.7 Å². The first kappa shape index (κ1) is 16.9. The van der Waals surface area contributed by atoms with Gasteiger partial charge in [-0.05, 0) is 44.0 Å². The van der Waals surface area contributed by atoms with E-state index in [-0.39, 0.29) is 17.7 Å². The van der Waals surface area contributed by atoms with Gasteiger partial charge in [0.25, 0.3) is 15.9 Å². The molecule has 1 amide bonds. The van der Waals surface area contributed by atoms with Crippen LogP contribution in [-0.2, 0) is 24.3 Å². The maximum Gasteiger partial charge on any atom is 0.268 e. The molecule has 8 heteroatoms. The normalized spacial score (nSPS) is 26.0. The fourth-order valence-corrected chi connectivity index (χ4v) is 4.10. The summed E-state index contributed by atoms with van der Waals surface area (Å²) >= 11 is 5.75. The topological polar surface area (TPSA) is 80.8 Å². The summed E-state index contributed by atoms with van der Waals surface area (Å²) in [5.41, 5.74) is -1.37. The highest BCUT2D eigenvalue weighted by atomic mass is 35.5. The van der Waals surface area contributed by atoms with Gasteiger partial charge in [0.2, 0.25) is 0 Å². The number of nitrogens with zero attached hydrogens (tertiary/aromatic N) is 1.